The summed E-state index contributed by atoms with van der Waals surface area (Å²) in [6.45, 7) is 3.65. The molecule has 0 bridgehead atoms. The van der Waals surface area contributed by atoms with Crippen LogP contribution in [0.15, 0.2) is 30.3 Å². The first kappa shape index (κ1) is 28.9. The van der Waals surface area contributed by atoms with Gasteiger partial charge < -0.3 is 31.9 Å². The minimum absolute atomic E-state index is 0.0264. The summed E-state index contributed by atoms with van der Waals surface area (Å²) >= 11 is 4.04. The standard InChI is InChI=1S/C22H32N4O7S/c1-12(2)8-15(20(30)25-16(22(32)33)9-13-6-4-3-5-7-13)24-21(31)17(11-34)26-19(29)14(23)10-18(27)28/h3-7,12,14-17,34H,8-11,23H2,1-2H3,(H,24,31)(H,25,30)(H,26,29)(H,27,28)(H,32,33). The quantitative estimate of drug-likeness (QED) is 0.169. The second kappa shape index (κ2) is 14.2. The third kappa shape index (κ3) is 10.2. The first-order valence-corrected chi connectivity index (χ1v) is 11.3. The lowest BCUT2D eigenvalue weighted by Crippen LogP contribution is -2.58. The van der Waals surface area contributed by atoms with Gasteiger partial charge in [0.1, 0.15) is 18.1 Å². The number of carbonyl (C=O) groups is 5. The summed E-state index contributed by atoms with van der Waals surface area (Å²) in [7, 11) is 0. The molecular formula is C22H32N4O7S. The lowest BCUT2D eigenvalue weighted by Gasteiger charge is -2.25. The summed E-state index contributed by atoms with van der Waals surface area (Å²) in [5.41, 5.74) is 6.23. The zero-order valence-corrected chi connectivity index (χ0v) is 20.0. The Morgan fingerprint density at radius 1 is 0.882 bits per heavy atom. The molecule has 12 heteroatoms. The molecule has 0 aliphatic carbocycles. The zero-order chi connectivity index (χ0) is 25.8. The fourth-order valence-corrected chi connectivity index (χ4v) is 3.31. The van der Waals surface area contributed by atoms with Gasteiger partial charge in [0, 0.05) is 12.2 Å². The second-order valence-corrected chi connectivity index (χ2v) is 8.59. The van der Waals surface area contributed by atoms with Crippen molar-refractivity contribution in [2.75, 3.05) is 5.75 Å². The number of hydrogen-bond acceptors (Lipinski definition) is 7. The first-order valence-electron chi connectivity index (χ1n) is 10.7. The number of carbonyl (C=O) groups excluding carboxylic acids is 3. The molecule has 11 nitrogen and oxygen atoms in total. The minimum atomic E-state index is -1.36. The molecule has 4 atom stereocenters. The summed E-state index contributed by atoms with van der Waals surface area (Å²) in [5, 5.41) is 25.6. The average molecular weight is 497 g/mol. The first-order chi connectivity index (χ1) is 15.9. The summed E-state index contributed by atoms with van der Waals surface area (Å²) in [5.74, 6) is -4.93. The number of aliphatic carboxylic acids is 2. The van der Waals surface area contributed by atoms with Gasteiger partial charge in [0.05, 0.1) is 12.5 Å². The number of nitrogens with two attached hydrogens (primary N) is 1. The smallest absolute Gasteiger partial charge is 0.326 e. The monoisotopic (exact) mass is 496 g/mol. The van der Waals surface area contributed by atoms with Crippen molar-refractivity contribution in [3.63, 3.8) is 0 Å². The van der Waals surface area contributed by atoms with Crippen molar-refractivity contribution in [3.05, 3.63) is 35.9 Å². The SMILES string of the molecule is CC(C)CC(NC(=O)C(CS)NC(=O)C(N)CC(=O)O)C(=O)NC(Cc1ccccc1)C(=O)O. The van der Waals surface area contributed by atoms with E-state index in [-0.39, 0.29) is 24.5 Å². The van der Waals surface area contributed by atoms with E-state index < -0.39 is 60.2 Å². The highest BCUT2D eigenvalue weighted by Crippen LogP contribution is 2.08. The van der Waals surface area contributed by atoms with E-state index in [4.69, 9.17) is 10.8 Å². The van der Waals surface area contributed by atoms with Gasteiger partial charge in [0.25, 0.3) is 0 Å². The largest absolute Gasteiger partial charge is 0.481 e. The molecule has 1 aromatic carbocycles. The number of benzene rings is 1. The Morgan fingerprint density at radius 2 is 1.41 bits per heavy atom. The number of thiol groups is 1. The van der Waals surface area contributed by atoms with Crippen molar-refractivity contribution < 1.29 is 34.2 Å². The van der Waals surface area contributed by atoms with Crippen LogP contribution in [0.25, 0.3) is 0 Å². The van der Waals surface area contributed by atoms with Gasteiger partial charge in [-0.2, -0.15) is 12.6 Å². The van der Waals surface area contributed by atoms with Crippen LogP contribution in [0.2, 0.25) is 0 Å². The van der Waals surface area contributed by atoms with Crippen molar-refractivity contribution >= 4 is 42.3 Å². The second-order valence-electron chi connectivity index (χ2n) is 8.23. The lowest BCUT2D eigenvalue weighted by molar-refractivity contribution is -0.142. The minimum Gasteiger partial charge on any atom is -0.481 e. The molecule has 34 heavy (non-hydrogen) atoms. The van der Waals surface area contributed by atoms with Crippen LogP contribution in [-0.2, 0) is 30.4 Å². The molecule has 0 spiro atoms. The summed E-state index contributed by atoms with van der Waals surface area (Å²) in [6, 6.07) is 3.95. The molecule has 3 amide bonds. The van der Waals surface area contributed by atoms with Crippen LogP contribution >= 0.6 is 12.6 Å². The molecule has 0 saturated carbocycles. The lowest BCUT2D eigenvalue weighted by atomic mass is 10.0. The number of hydrogen-bond donors (Lipinski definition) is 7. The Kier molecular flexibility index (Phi) is 12.1. The van der Waals surface area contributed by atoms with E-state index in [1.807, 2.05) is 13.8 Å². The number of amides is 3. The predicted molar refractivity (Wildman–Crippen MR) is 127 cm³/mol. The maximum absolute atomic E-state index is 12.9. The molecule has 0 saturated heterocycles. The Balaban J connectivity index is 2.90. The van der Waals surface area contributed by atoms with Crippen LogP contribution in [0.4, 0.5) is 0 Å². The van der Waals surface area contributed by atoms with Crippen LogP contribution in [-0.4, -0.2) is 69.8 Å². The van der Waals surface area contributed by atoms with Crippen LogP contribution in [0, 0.1) is 5.92 Å². The fraction of sp³-hybridized carbons (Fsp3) is 0.500. The molecular weight excluding hydrogens is 464 g/mol. The van der Waals surface area contributed by atoms with Gasteiger partial charge in [-0.15, -0.1) is 0 Å². The van der Waals surface area contributed by atoms with Gasteiger partial charge in [-0.1, -0.05) is 44.2 Å². The number of carboxylic acid groups (broad SMARTS) is 2. The summed E-state index contributed by atoms with van der Waals surface area (Å²) in [6.07, 6.45) is -0.356. The molecule has 1 rings (SSSR count). The molecule has 0 fully saturated rings. The van der Waals surface area contributed by atoms with Crippen LogP contribution in [0.5, 0.6) is 0 Å². The molecule has 1 aromatic rings. The van der Waals surface area contributed by atoms with Crippen molar-refractivity contribution in [1.82, 2.24) is 16.0 Å². The fourth-order valence-electron chi connectivity index (χ4n) is 3.05. The summed E-state index contributed by atoms with van der Waals surface area (Å²) in [4.78, 5) is 60.2. The van der Waals surface area contributed by atoms with Crippen molar-refractivity contribution in [2.24, 2.45) is 11.7 Å². The van der Waals surface area contributed by atoms with E-state index in [0.717, 1.165) is 5.56 Å². The van der Waals surface area contributed by atoms with Crippen LogP contribution < -0.4 is 21.7 Å². The van der Waals surface area contributed by atoms with Crippen LogP contribution in [0.3, 0.4) is 0 Å². The Labute approximate surface area is 203 Å². The molecule has 4 unspecified atom stereocenters. The van der Waals surface area contributed by atoms with Crippen molar-refractivity contribution in [1.29, 1.82) is 0 Å². The van der Waals surface area contributed by atoms with Crippen LogP contribution in [0.1, 0.15) is 32.3 Å². The Hall–Kier alpha value is -3.12. The maximum atomic E-state index is 12.9. The molecule has 0 heterocycles. The third-order valence-electron chi connectivity index (χ3n) is 4.78. The molecule has 188 valence electrons. The number of carboxylic acids is 2. The summed E-state index contributed by atoms with van der Waals surface area (Å²) < 4.78 is 0. The van der Waals surface area contributed by atoms with E-state index in [9.17, 15) is 29.1 Å². The van der Waals surface area contributed by atoms with Gasteiger partial charge in [-0.3, -0.25) is 19.2 Å². The van der Waals surface area contributed by atoms with Gasteiger partial charge >= 0.3 is 11.9 Å². The number of rotatable bonds is 14. The van der Waals surface area contributed by atoms with E-state index in [0.29, 0.717) is 0 Å². The van der Waals surface area contributed by atoms with E-state index >= 15 is 0 Å². The van der Waals surface area contributed by atoms with E-state index in [2.05, 4.69) is 28.6 Å². The zero-order valence-electron chi connectivity index (χ0n) is 19.1. The molecule has 0 aliphatic rings. The van der Waals surface area contributed by atoms with Gasteiger partial charge in [0.2, 0.25) is 17.7 Å². The Bertz CT molecular complexity index is 866. The maximum Gasteiger partial charge on any atom is 0.326 e. The highest BCUT2D eigenvalue weighted by Gasteiger charge is 2.30. The Morgan fingerprint density at radius 3 is 1.91 bits per heavy atom. The topological polar surface area (TPSA) is 188 Å². The highest BCUT2D eigenvalue weighted by atomic mass is 32.1. The van der Waals surface area contributed by atoms with Gasteiger partial charge in [-0.25, -0.2) is 4.79 Å². The van der Waals surface area contributed by atoms with Gasteiger partial charge in [0.15, 0.2) is 0 Å². The molecule has 0 aromatic heterocycles. The third-order valence-corrected chi connectivity index (χ3v) is 5.15. The normalized spacial score (nSPS) is 14.4. The van der Waals surface area contributed by atoms with Gasteiger partial charge in [-0.05, 0) is 17.9 Å². The number of nitrogens with one attached hydrogen (secondary N) is 3. The predicted octanol–water partition coefficient (Wildman–Crippen LogP) is -0.454. The molecule has 0 aliphatic heterocycles. The molecule has 7 N–H and O–H groups in total. The average Bonchev–Trinajstić information content (AvgIpc) is 2.75. The van der Waals surface area contributed by atoms with E-state index in [1.165, 1.54) is 0 Å². The van der Waals surface area contributed by atoms with Crippen molar-refractivity contribution in [2.45, 2.75) is 57.3 Å². The van der Waals surface area contributed by atoms with E-state index in [1.54, 1.807) is 30.3 Å². The van der Waals surface area contributed by atoms with Crippen molar-refractivity contribution in [3.8, 4) is 0 Å². The highest BCUT2D eigenvalue weighted by molar-refractivity contribution is 7.80. The molecule has 0 radical (unpaired) electrons.